The van der Waals surface area contributed by atoms with Gasteiger partial charge in [0.2, 0.25) is 0 Å². The van der Waals surface area contributed by atoms with E-state index in [-0.39, 0.29) is 0 Å². The smallest absolute Gasteiger partial charge is 0.161 e. The fourth-order valence-corrected chi connectivity index (χ4v) is 1.39. The molecule has 0 unspecified atom stereocenters. The van der Waals surface area contributed by atoms with E-state index in [0.717, 1.165) is 23.5 Å². The van der Waals surface area contributed by atoms with Gasteiger partial charge in [0, 0.05) is 0 Å². The van der Waals surface area contributed by atoms with Crippen LogP contribution in [-0.2, 0) is 6.42 Å². The molecule has 0 saturated heterocycles. The zero-order valence-corrected chi connectivity index (χ0v) is 9.90. The Balaban J connectivity index is 2.75. The Morgan fingerprint density at radius 3 is 2.75 bits per heavy atom. The van der Waals surface area contributed by atoms with Gasteiger partial charge in [0.1, 0.15) is 6.61 Å². The van der Waals surface area contributed by atoms with Crippen LogP contribution in [0.2, 0.25) is 0 Å². The van der Waals surface area contributed by atoms with Gasteiger partial charge < -0.3 is 15.2 Å². The topological polar surface area (TPSA) is 44.5 Å². The molecule has 2 N–H and O–H groups in total. The van der Waals surface area contributed by atoms with Gasteiger partial charge in [-0.1, -0.05) is 18.2 Å². The molecule has 0 fully saturated rings. The van der Waals surface area contributed by atoms with Crippen molar-refractivity contribution in [3.63, 3.8) is 0 Å². The Bertz CT molecular complexity index is 348. The predicted molar refractivity (Wildman–Crippen MR) is 66.1 cm³/mol. The van der Waals surface area contributed by atoms with Crippen molar-refractivity contribution in [1.82, 2.24) is 0 Å². The lowest BCUT2D eigenvalue weighted by Crippen LogP contribution is -2.03. The standard InChI is InChI=1S/C13H19NO2/c1-3-4-9-16-12-6-5-11(7-8-14)10-13(12)15-2/h3-6,10H,7-9,14H2,1-2H3/b4-3+. The highest BCUT2D eigenvalue weighted by Crippen LogP contribution is 2.28. The lowest BCUT2D eigenvalue weighted by atomic mass is 10.1. The second-order valence-electron chi connectivity index (χ2n) is 3.40. The minimum atomic E-state index is 0.559. The summed E-state index contributed by atoms with van der Waals surface area (Å²) in [5.41, 5.74) is 6.67. The van der Waals surface area contributed by atoms with Crippen molar-refractivity contribution in [3.05, 3.63) is 35.9 Å². The molecule has 88 valence electrons. The molecule has 0 aromatic heterocycles. The first-order chi connectivity index (χ1) is 7.81. The largest absolute Gasteiger partial charge is 0.493 e. The molecule has 3 heteroatoms. The normalized spacial score (nSPS) is 10.7. The fourth-order valence-electron chi connectivity index (χ4n) is 1.39. The SMILES string of the molecule is C/C=C/COc1ccc(CCN)cc1OC. The molecule has 1 aromatic rings. The second-order valence-corrected chi connectivity index (χ2v) is 3.40. The molecule has 16 heavy (non-hydrogen) atoms. The molecule has 0 spiro atoms. The van der Waals surface area contributed by atoms with Crippen LogP contribution in [0.25, 0.3) is 0 Å². The van der Waals surface area contributed by atoms with E-state index in [1.54, 1.807) is 7.11 Å². The average Bonchev–Trinajstić information content (AvgIpc) is 2.31. The number of hydrogen-bond acceptors (Lipinski definition) is 3. The van der Waals surface area contributed by atoms with E-state index in [4.69, 9.17) is 15.2 Å². The van der Waals surface area contributed by atoms with E-state index in [1.165, 1.54) is 0 Å². The summed E-state index contributed by atoms with van der Waals surface area (Å²) in [6.07, 6.45) is 4.76. The number of nitrogens with two attached hydrogens (primary N) is 1. The molecular formula is C13H19NO2. The van der Waals surface area contributed by atoms with Crippen LogP contribution in [0, 0.1) is 0 Å². The average molecular weight is 221 g/mol. The zero-order valence-electron chi connectivity index (χ0n) is 9.90. The third-order valence-corrected chi connectivity index (χ3v) is 2.23. The molecule has 1 rings (SSSR count). The summed E-state index contributed by atoms with van der Waals surface area (Å²) >= 11 is 0. The highest BCUT2D eigenvalue weighted by Gasteiger charge is 2.04. The number of allylic oxidation sites excluding steroid dienone is 1. The van der Waals surface area contributed by atoms with E-state index in [1.807, 2.05) is 37.3 Å². The van der Waals surface area contributed by atoms with Crippen LogP contribution < -0.4 is 15.2 Å². The van der Waals surface area contributed by atoms with Gasteiger partial charge in [0.05, 0.1) is 7.11 Å². The van der Waals surface area contributed by atoms with Crippen LogP contribution in [0.15, 0.2) is 30.4 Å². The van der Waals surface area contributed by atoms with Gasteiger partial charge in [-0.2, -0.15) is 0 Å². The first-order valence-corrected chi connectivity index (χ1v) is 5.42. The van der Waals surface area contributed by atoms with E-state index < -0.39 is 0 Å². The van der Waals surface area contributed by atoms with Crippen LogP contribution >= 0.6 is 0 Å². The highest BCUT2D eigenvalue weighted by molar-refractivity contribution is 5.43. The maximum absolute atomic E-state index is 5.56. The summed E-state index contributed by atoms with van der Waals surface area (Å²) in [4.78, 5) is 0. The molecule has 0 amide bonds. The third kappa shape index (κ3) is 3.59. The van der Waals surface area contributed by atoms with Crippen molar-refractivity contribution < 1.29 is 9.47 Å². The summed E-state index contributed by atoms with van der Waals surface area (Å²) in [5, 5.41) is 0. The Hall–Kier alpha value is -1.48. The van der Waals surface area contributed by atoms with Crippen molar-refractivity contribution in [2.75, 3.05) is 20.3 Å². The van der Waals surface area contributed by atoms with Crippen molar-refractivity contribution in [3.8, 4) is 11.5 Å². The quantitative estimate of drug-likeness (QED) is 0.749. The van der Waals surface area contributed by atoms with Crippen LogP contribution in [0.3, 0.4) is 0 Å². The Kier molecular flexibility index (Phi) is 5.43. The molecule has 0 bridgehead atoms. The summed E-state index contributed by atoms with van der Waals surface area (Å²) in [5.74, 6) is 1.52. The molecule has 0 aliphatic carbocycles. The Labute approximate surface area is 96.9 Å². The Morgan fingerprint density at radius 2 is 2.12 bits per heavy atom. The number of ether oxygens (including phenoxy) is 2. The van der Waals surface area contributed by atoms with E-state index in [0.29, 0.717) is 13.2 Å². The van der Waals surface area contributed by atoms with Gasteiger partial charge >= 0.3 is 0 Å². The minimum Gasteiger partial charge on any atom is -0.493 e. The molecule has 3 nitrogen and oxygen atoms in total. The van der Waals surface area contributed by atoms with Crippen molar-refractivity contribution in [2.24, 2.45) is 5.73 Å². The van der Waals surface area contributed by atoms with Gasteiger partial charge in [-0.05, 0) is 37.6 Å². The summed E-state index contributed by atoms with van der Waals surface area (Å²) in [6, 6.07) is 5.91. The van der Waals surface area contributed by atoms with Crippen molar-refractivity contribution >= 4 is 0 Å². The number of hydrogen-bond donors (Lipinski definition) is 1. The number of benzene rings is 1. The maximum Gasteiger partial charge on any atom is 0.161 e. The van der Waals surface area contributed by atoms with Gasteiger partial charge in [-0.15, -0.1) is 0 Å². The predicted octanol–water partition coefficient (Wildman–Crippen LogP) is 2.15. The van der Waals surface area contributed by atoms with E-state index >= 15 is 0 Å². The first-order valence-electron chi connectivity index (χ1n) is 5.42. The highest BCUT2D eigenvalue weighted by atomic mass is 16.5. The molecule has 0 radical (unpaired) electrons. The molecule has 1 aromatic carbocycles. The minimum absolute atomic E-state index is 0.559. The van der Waals surface area contributed by atoms with E-state index in [9.17, 15) is 0 Å². The van der Waals surface area contributed by atoms with Crippen molar-refractivity contribution in [2.45, 2.75) is 13.3 Å². The van der Waals surface area contributed by atoms with Crippen LogP contribution in [0.4, 0.5) is 0 Å². The van der Waals surface area contributed by atoms with E-state index in [2.05, 4.69) is 0 Å². The lowest BCUT2D eigenvalue weighted by Gasteiger charge is -2.10. The molecule has 0 atom stereocenters. The lowest BCUT2D eigenvalue weighted by molar-refractivity contribution is 0.326. The second kappa shape index (κ2) is 6.90. The molecule has 0 heterocycles. The van der Waals surface area contributed by atoms with Gasteiger partial charge in [-0.25, -0.2) is 0 Å². The fraction of sp³-hybridized carbons (Fsp3) is 0.385. The molecular weight excluding hydrogens is 202 g/mol. The number of methoxy groups -OCH3 is 1. The van der Waals surface area contributed by atoms with Gasteiger partial charge in [0.25, 0.3) is 0 Å². The van der Waals surface area contributed by atoms with Gasteiger partial charge in [-0.3, -0.25) is 0 Å². The first kappa shape index (κ1) is 12.6. The summed E-state index contributed by atoms with van der Waals surface area (Å²) in [7, 11) is 1.64. The summed E-state index contributed by atoms with van der Waals surface area (Å²) in [6.45, 7) is 3.16. The van der Waals surface area contributed by atoms with Gasteiger partial charge in [0.15, 0.2) is 11.5 Å². The van der Waals surface area contributed by atoms with Crippen molar-refractivity contribution in [1.29, 1.82) is 0 Å². The molecule has 0 saturated carbocycles. The van der Waals surface area contributed by atoms with Crippen LogP contribution in [0.5, 0.6) is 11.5 Å². The summed E-state index contributed by atoms with van der Waals surface area (Å²) < 4.78 is 10.8. The zero-order chi connectivity index (χ0) is 11.8. The molecule has 0 aliphatic heterocycles. The maximum atomic E-state index is 5.56. The monoisotopic (exact) mass is 221 g/mol. The Morgan fingerprint density at radius 1 is 1.31 bits per heavy atom. The van der Waals surface area contributed by atoms with Crippen LogP contribution in [0.1, 0.15) is 12.5 Å². The van der Waals surface area contributed by atoms with Crippen LogP contribution in [-0.4, -0.2) is 20.3 Å². The number of rotatable bonds is 6. The third-order valence-electron chi connectivity index (χ3n) is 2.23. The molecule has 0 aliphatic rings.